The lowest BCUT2D eigenvalue weighted by Crippen LogP contribution is -2.02. The van der Waals surface area contributed by atoms with E-state index in [1.807, 2.05) is 25.1 Å². The van der Waals surface area contributed by atoms with Gasteiger partial charge in [0.05, 0.1) is 0 Å². The standard InChI is InChI=1S/C14H12Br2FN/c1-9-6-11(15)2-5-14(9)18-8-10-7-12(17)3-4-13(10)16/h2-7,18H,8H2,1H3. The van der Waals surface area contributed by atoms with Crippen molar-refractivity contribution in [1.82, 2.24) is 0 Å². The molecule has 94 valence electrons. The molecule has 0 aliphatic rings. The SMILES string of the molecule is Cc1cc(Br)ccc1NCc1cc(F)ccc1Br. The van der Waals surface area contributed by atoms with Crippen LogP contribution in [-0.2, 0) is 6.54 Å². The molecule has 0 aromatic heterocycles. The fourth-order valence-corrected chi connectivity index (χ4v) is 2.56. The average molecular weight is 373 g/mol. The first-order valence-electron chi connectivity index (χ1n) is 5.50. The summed E-state index contributed by atoms with van der Waals surface area (Å²) in [6.07, 6.45) is 0. The number of halogens is 3. The first kappa shape index (κ1) is 13.6. The maximum Gasteiger partial charge on any atom is 0.123 e. The van der Waals surface area contributed by atoms with Crippen LogP contribution in [0.15, 0.2) is 45.3 Å². The second-order valence-corrected chi connectivity index (χ2v) is 5.82. The highest BCUT2D eigenvalue weighted by Crippen LogP contribution is 2.23. The van der Waals surface area contributed by atoms with Crippen molar-refractivity contribution in [2.24, 2.45) is 0 Å². The molecule has 0 heterocycles. The summed E-state index contributed by atoms with van der Waals surface area (Å²) in [6.45, 7) is 2.62. The topological polar surface area (TPSA) is 12.0 Å². The molecule has 0 saturated heterocycles. The Morgan fingerprint density at radius 3 is 2.61 bits per heavy atom. The molecule has 0 atom stereocenters. The highest BCUT2D eigenvalue weighted by molar-refractivity contribution is 9.10. The first-order chi connectivity index (χ1) is 8.56. The summed E-state index contributed by atoms with van der Waals surface area (Å²) in [5.41, 5.74) is 3.10. The summed E-state index contributed by atoms with van der Waals surface area (Å²) in [6, 6.07) is 10.7. The van der Waals surface area contributed by atoms with Crippen LogP contribution in [0.5, 0.6) is 0 Å². The molecule has 1 N–H and O–H groups in total. The van der Waals surface area contributed by atoms with Crippen LogP contribution in [0.4, 0.5) is 10.1 Å². The maximum atomic E-state index is 13.2. The van der Waals surface area contributed by atoms with Gasteiger partial charge in [-0.3, -0.25) is 0 Å². The summed E-state index contributed by atoms with van der Waals surface area (Å²) in [7, 11) is 0. The Balaban J connectivity index is 2.13. The van der Waals surface area contributed by atoms with Gasteiger partial charge >= 0.3 is 0 Å². The van der Waals surface area contributed by atoms with Gasteiger partial charge in [0.25, 0.3) is 0 Å². The van der Waals surface area contributed by atoms with Crippen molar-refractivity contribution in [2.75, 3.05) is 5.32 Å². The second kappa shape index (κ2) is 5.85. The van der Waals surface area contributed by atoms with Gasteiger partial charge < -0.3 is 5.32 Å². The predicted molar refractivity (Wildman–Crippen MR) is 80.3 cm³/mol. The van der Waals surface area contributed by atoms with E-state index >= 15 is 0 Å². The summed E-state index contributed by atoms with van der Waals surface area (Å²) in [5.74, 6) is -0.220. The van der Waals surface area contributed by atoms with Gasteiger partial charge in [-0.1, -0.05) is 31.9 Å². The lowest BCUT2D eigenvalue weighted by molar-refractivity contribution is 0.625. The lowest BCUT2D eigenvalue weighted by atomic mass is 10.2. The number of benzene rings is 2. The molecule has 4 heteroatoms. The average Bonchev–Trinajstić information content (AvgIpc) is 2.32. The minimum absolute atomic E-state index is 0.220. The minimum Gasteiger partial charge on any atom is -0.381 e. The van der Waals surface area contributed by atoms with Gasteiger partial charge in [-0.2, -0.15) is 0 Å². The van der Waals surface area contributed by atoms with Crippen LogP contribution < -0.4 is 5.32 Å². The van der Waals surface area contributed by atoms with Crippen LogP contribution in [-0.4, -0.2) is 0 Å². The molecule has 1 nitrogen and oxygen atoms in total. The van der Waals surface area contributed by atoms with E-state index in [0.717, 1.165) is 25.8 Å². The Hall–Kier alpha value is -0.870. The van der Waals surface area contributed by atoms with Crippen molar-refractivity contribution >= 4 is 37.5 Å². The molecule has 0 aliphatic carbocycles. The molecule has 0 spiro atoms. The van der Waals surface area contributed by atoms with E-state index in [1.165, 1.54) is 12.1 Å². The van der Waals surface area contributed by atoms with Crippen molar-refractivity contribution in [3.63, 3.8) is 0 Å². The third-order valence-electron chi connectivity index (χ3n) is 2.67. The Labute approximate surface area is 123 Å². The van der Waals surface area contributed by atoms with E-state index in [9.17, 15) is 4.39 Å². The van der Waals surface area contributed by atoms with Crippen LogP contribution >= 0.6 is 31.9 Å². The molecule has 0 fully saturated rings. The van der Waals surface area contributed by atoms with Crippen LogP contribution in [0.2, 0.25) is 0 Å². The molecule has 0 radical (unpaired) electrons. The van der Waals surface area contributed by atoms with Gasteiger partial charge in [-0.25, -0.2) is 4.39 Å². The summed E-state index contributed by atoms with van der Waals surface area (Å²) < 4.78 is 15.1. The van der Waals surface area contributed by atoms with Crippen LogP contribution in [0.3, 0.4) is 0 Å². The van der Waals surface area contributed by atoms with Gasteiger partial charge in [-0.05, 0) is 54.4 Å². The number of rotatable bonds is 3. The fraction of sp³-hybridized carbons (Fsp3) is 0.143. The van der Waals surface area contributed by atoms with Gasteiger partial charge in [0.1, 0.15) is 5.82 Å². The summed E-state index contributed by atoms with van der Waals surface area (Å²) in [4.78, 5) is 0. The molecule has 0 saturated carbocycles. The first-order valence-corrected chi connectivity index (χ1v) is 7.09. The van der Waals surface area contributed by atoms with E-state index in [0.29, 0.717) is 6.54 Å². The highest BCUT2D eigenvalue weighted by Gasteiger charge is 2.03. The van der Waals surface area contributed by atoms with Crippen molar-refractivity contribution in [1.29, 1.82) is 0 Å². The monoisotopic (exact) mass is 371 g/mol. The van der Waals surface area contributed by atoms with Gasteiger partial charge in [-0.15, -0.1) is 0 Å². The van der Waals surface area contributed by atoms with E-state index in [4.69, 9.17) is 0 Å². The van der Waals surface area contributed by atoms with E-state index < -0.39 is 0 Å². The molecule has 18 heavy (non-hydrogen) atoms. The van der Waals surface area contributed by atoms with Crippen LogP contribution in [0.25, 0.3) is 0 Å². The molecule has 0 bridgehead atoms. The Kier molecular flexibility index (Phi) is 4.40. The number of hydrogen-bond donors (Lipinski definition) is 1. The molecule has 2 aromatic carbocycles. The smallest absolute Gasteiger partial charge is 0.123 e. The molecular formula is C14H12Br2FN. The van der Waals surface area contributed by atoms with E-state index in [2.05, 4.69) is 37.2 Å². The number of anilines is 1. The Morgan fingerprint density at radius 1 is 1.11 bits per heavy atom. The third kappa shape index (κ3) is 3.33. The zero-order valence-corrected chi connectivity index (χ0v) is 13.0. The largest absolute Gasteiger partial charge is 0.381 e. The quantitative estimate of drug-likeness (QED) is 0.773. The summed E-state index contributed by atoms with van der Waals surface area (Å²) in [5, 5.41) is 3.31. The third-order valence-corrected chi connectivity index (χ3v) is 3.93. The summed E-state index contributed by atoms with van der Waals surface area (Å²) >= 11 is 6.85. The van der Waals surface area contributed by atoms with E-state index in [-0.39, 0.29) is 5.82 Å². The van der Waals surface area contributed by atoms with E-state index in [1.54, 1.807) is 6.07 Å². The highest BCUT2D eigenvalue weighted by atomic mass is 79.9. The molecule has 0 amide bonds. The van der Waals surface area contributed by atoms with Crippen molar-refractivity contribution in [2.45, 2.75) is 13.5 Å². The molecule has 2 rings (SSSR count). The van der Waals surface area contributed by atoms with Gasteiger partial charge in [0, 0.05) is 21.2 Å². The molecule has 2 aromatic rings. The van der Waals surface area contributed by atoms with Crippen LogP contribution in [0, 0.1) is 12.7 Å². The predicted octanol–water partition coefficient (Wildman–Crippen LogP) is 5.27. The van der Waals surface area contributed by atoms with Crippen LogP contribution in [0.1, 0.15) is 11.1 Å². The molecule has 0 unspecified atom stereocenters. The number of nitrogens with one attached hydrogen (secondary N) is 1. The zero-order chi connectivity index (χ0) is 13.1. The normalized spacial score (nSPS) is 10.4. The molecular weight excluding hydrogens is 361 g/mol. The lowest BCUT2D eigenvalue weighted by Gasteiger charge is -2.11. The molecule has 0 aliphatic heterocycles. The Bertz CT molecular complexity index is 570. The van der Waals surface area contributed by atoms with Crippen molar-refractivity contribution in [3.05, 3.63) is 62.3 Å². The Morgan fingerprint density at radius 2 is 1.89 bits per heavy atom. The fourth-order valence-electron chi connectivity index (χ4n) is 1.69. The number of aryl methyl sites for hydroxylation is 1. The zero-order valence-electron chi connectivity index (χ0n) is 9.81. The minimum atomic E-state index is -0.220. The van der Waals surface area contributed by atoms with Crippen molar-refractivity contribution in [3.8, 4) is 0 Å². The number of hydrogen-bond acceptors (Lipinski definition) is 1. The van der Waals surface area contributed by atoms with Crippen molar-refractivity contribution < 1.29 is 4.39 Å². The van der Waals surface area contributed by atoms with Gasteiger partial charge in [0.2, 0.25) is 0 Å². The second-order valence-electron chi connectivity index (χ2n) is 4.05. The maximum absolute atomic E-state index is 13.2. The van der Waals surface area contributed by atoms with Gasteiger partial charge in [0.15, 0.2) is 0 Å².